The summed E-state index contributed by atoms with van der Waals surface area (Å²) in [6.45, 7) is 0. The summed E-state index contributed by atoms with van der Waals surface area (Å²) in [5.74, 6) is 0. The van der Waals surface area contributed by atoms with Crippen LogP contribution in [-0.4, -0.2) is 27.4 Å². The zero-order chi connectivity index (χ0) is 91.1. The highest BCUT2D eigenvalue weighted by molar-refractivity contribution is 6.26. The van der Waals surface area contributed by atoms with Crippen LogP contribution in [0.4, 0.5) is 0 Å². The quantitative estimate of drug-likeness (QED) is 0.110. The average molecular weight is 1760 g/mol. The molecule has 0 bridgehead atoms. The van der Waals surface area contributed by atoms with Crippen molar-refractivity contribution in [2.45, 2.75) is 0 Å². The van der Waals surface area contributed by atoms with E-state index in [9.17, 15) is 0 Å². The van der Waals surface area contributed by atoms with Gasteiger partial charge in [0.25, 0.3) is 0 Å². The predicted octanol–water partition coefficient (Wildman–Crippen LogP) is 35.3. The molecule has 646 valence electrons. The number of nitrogens with zero attached hydrogens (tertiary/aromatic N) is 6. The van der Waals surface area contributed by atoms with E-state index in [0.29, 0.717) is 0 Å². The Morgan fingerprint density at radius 3 is 0.478 bits per heavy atom. The molecular formula is C132H88N6. The summed E-state index contributed by atoms with van der Waals surface area (Å²) in [7, 11) is 0. The minimum Gasteiger partial charge on any atom is -0.309 e. The number of rotatable bonds is 13. The lowest BCUT2D eigenvalue weighted by Crippen LogP contribution is -1.94. The SMILES string of the molecule is c1ccc(-c2ccc(-n3c4ccccc4c4c(-c5cccc6c5c5ccccc5n6-c5cccc(-c6ccccc6)c5)cccc43)cc2)cc1.c1ccc(-c2ccc(-n3c4ccccc4c4c(-c5cccc6c5c5ccccc5n6-c5ccccc5)cccc43)cc2)cc1.c1ccc(-c2cccc(-n3c4ccccc4c4c(-c5cccc6c5c5ccccc5n6-c5ccccc5)cccc43)c2)cc1. The molecule has 0 atom stereocenters. The highest BCUT2D eigenvalue weighted by Crippen LogP contribution is 2.50. The van der Waals surface area contributed by atoms with Crippen molar-refractivity contribution in [3.63, 3.8) is 0 Å². The third kappa shape index (κ3) is 13.6. The van der Waals surface area contributed by atoms with E-state index >= 15 is 0 Å². The molecule has 6 aromatic heterocycles. The van der Waals surface area contributed by atoms with Gasteiger partial charge >= 0.3 is 0 Å². The second kappa shape index (κ2) is 34.0. The fraction of sp³-hybridized carbons (Fsp3) is 0. The molecular weight excluding hydrogens is 1670 g/mol. The van der Waals surface area contributed by atoms with Crippen LogP contribution in [0.3, 0.4) is 0 Å². The summed E-state index contributed by atoms with van der Waals surface area (Å²) in [6.07, 6.45) is 0. The van der Waals surface area contributed by atoms with Gasteiger partial charge in [-0.2, -0.15) is 0 Å². The van der Waals surface area contributed by atoms with Crippen LogP contribution >= 0.6 is 0 Å². The molecule has 28 aromatic rings. The number of benzene rings is 22. The molecule has 0 radical (unpaired) electrons. The van der Waals surface area contributed by atoms with Crippen molar-refractivity contribution in [2.24, 2.45) is 0 Å². The fourth-order valence-electron chi connectivity index (χ4n) is 22.1. The molecule has 138 heavy (non-hydrogen) atoms. The second-order valence-corrected chi connectivity index (χ2v) is 35.6. The molecule has 6 heteroatoms. The Kier molecular flexibility index (Phi) is 19.9. The third-order valence-electron chi connectivity index (χ3n) is 28.0. The summed E-state index contributed by atoms with van der Waals surface area (Å²) in [4.78, 5) is 0. The Morgan fingerprint density at radius 2 is 0.246 bits per heavy atom. The van der Waals surface area contributed by atoms with Crippen LogP contribution in [0.15, 0.2) is 534 Å². The molecule has 6 heterocycles. The molecule has 28 rings (SSSR count). The Hall–Kier alpha value is -18.4. The topological polar surface area (TPSA) is 29.6 Å². The average Bonchev–Trinajstić information content (AvgIpc) is 1.56. The van der Waals surface area contributed by atoms with Crippen LogP contribution in [-0.2, 0) is 0 Å². The van der Waals surface area contributed by atoms with Gasteiger partial charge in [0, 0.05) is 98.8 Å². The number of fused-ring (bicyclic) bond motifs is 18. The predicted molar refractivity (Wildman–Crippen MR) is 583 cm³/mol. The van der Waals surface area contributed by atoms with E-state index in [-0.39, 0.29) is 0 Å². The van der Waals surface area contributed by atoms with Crippen LogP contribution in [0, 0.1) is 0 Å². The highest BCUT2D eigenvalue weighted by Gasteiger charge is 2.27. The molecule has 0 aliphatic rings. The molecule has 0 fully saturated rings. The minimum absolute atomic E-state index is 1.15. The van der Waals surface area contributed by atoms with Gasteiger partial charge in [-0.15, -0.1) is 0 Å². The smallest absolute Gasteiger partial charge is 0.0547 e. The lowest BCUT2D eigenvalue weighted by molar-refractivity contribution is 1.18. The number of hydrogen-bond donors (Lipinski definition) is 0. The first kappa shape index (κ1) is 80.5. The first-order chi connectivity index (χ1) is 68.6. The zero-order valence-electron chi connectivity index (χ0n) is 75.5. The molecule has 0 saturated carbocycles. The van der Waals surface area contributed by atoms with Crippen molar-refractivity contribution in [1.82, 2.24) is 27.4 Å². The molecule has 6 nitrogen and oxygen atoms in total. The largest absolute Gasteiger partial charge is 0.309 e. The first-order valence-electron chi connectivity index (χ1n) is 47.5. The number of para-hydroxylation sites is 8. The highest BCUT2D eigenvalue weighted by atomic mass is 15.0. The molecule has 0 spiro atoms. The van der Waals surface area contributed by atoms with Crippen molar-refractivity contribution in [3.05, 3.63) is 534 Å². The lowest BCUT2D eigenvalue weighted by atomic mass is 9.95. The molecule has 0 amide bonds. The van der Waals surface area contributed by atoms with Crippen molar-refractivity contribution in [1.29, 1.82) is 0 Å². The Labute approximate surface area is 798 Å². The monoisotopic (exact) mass is 1760 g/mol. The maximum Gasteiger partial charge on any atom is 0.0547 e. The fourth-order valence-corrected chi connectivity index (χ4v) is 22.1. The van der Waals surface area contributed by atoms with E-state index in [4.69, 9.17) is 0 Å². The van der Waals surface area contributed by atoms with Crippen LogP contribution in [0.5, 0.6) is 0 Å². The molecule has 0 saturated heterocycles. The van der Waals surface area contributed by atoms with E-state index < -0.39 is 0 Å². The van der Waals surface area contributed by atoms with Crippen molar-refractivity contribution < 1.29 is 0 Å². The van der Waals surface area contributed by atoms with Crippen LogP contribution in [0.1, 0.15) is 0 Å². The third-order valence-corrected chi connectivity index (χ3v) is 28.0. The Bertz CT molecular complexity index is 9530. The lowest BCUT2D eigenvalue weighted by Gasteiger charge is -2.12. The Morgan fingerprint density at radius 1 is 0.0942 bits per heavy atom. The second-order valence-electron chi connectivity index (χ2n) is 35.6. The molecule has 0 unspecified atom stereocenters. The van der Waals surface area contributed by atoms with Crippen LogP contribution < -0.4 is 0 Å². The molecule has 0 aliphatic heterocycles. The minimum atomic E-state index is 1.15. The maximum atomic E-state index is 2.43. The Balaban J connectivity index is 0.000000107. The van der Waals surface area contributed by atoms with Gasteiger partial charge in [0.15, 0.2) is 0 Å². The molecule has 0 N–H and O–H groups in total. The van der Waals surface area contributed by atoms with E-state index in [1.165, 1.54) is 220 Å². The van der Waals surface area contributed by atoms with Crippen molar-refractivity contribution in [2.75, 3.05) is 0 Å². The van der Waals surface area contributed by atoms with Gasteiger partial charge in [-0.25, -0.2) is 0 Å². The van der Waals surface area contributed by atoms with Crippen molar-refractivity contribution in [3.8, 4) is 112 Å². The van der Waals surface area contributed by atoms with E-state index in [1.54, 1.807) is 0 Å². The zero-order valence-corrected chi connectivity index (χ0v) is 75.5. The van der Waals surface area contributed by atoms with Crippen LogP contribution in [0.25, 0.3) is 243 Å². The summed E-state index contributed by atoms with van der Waals surface area (Å²) >= 11 is 0. The van der Waals surface area contributed by atoms with E-state index in [0.717, 1.165) is 22.7 Å². The summed E-state index contributed by atoms with van der Waals surface area (Å²) in [5, 5.41) is 15.2. The number of aromatic nitrogens is 6. The summed E-state index contributed by atoms with van der Waals surface area (Å²) in [6, 6.07) is 193. The van der Waals surface area contributed by atoms with Crippen molar-refractivity contribution >= 4 is 131 Å². The van der Waals surface area contributed by atoms with Gasteiger partial charge in [0.05, 0.1) is 66.2 Å². The van der Waals surface area contributed by atoms with Gasteiger partial charge < -0.3 is 27.4 Å². The van der Waals surface area contributed by atoms with E-state index in [2.05, 4.69) is 561 Å². The normalized spacial score (nSPS) is 11.6. The van der Waals surface area contributed by atoms with Gasteiger partial charge in [0.2, 0.25) is 0 Å². The number of hydrogen-bond acceptors (Lipinski definition) is 0. The van der Waals surface area contributed by atoms with Gasteiger partial charge in [0.1, 0.15) is 0 Å². The van der Waals surface area contributed by atoms with E-state index in [1.807, 2.05) is 0 Å². The van der Waals surface area contributed by atoms with Crippen LogP contribution in [0.2, 0.25) is 0 Å². The molecule has 0 aliphatic carbocycles. The standard InChI is InChI=1S/C48H32N2.2C42H28N2/c1-3-14-33(15-4-1)35-28-30-37(31-29-35)49-43-24-9-7-20-41(43)47-39(22-12-26-45(47)49)40-23-13-27-46-48(40)42-21-8-10-25-44(42)50(46)38-19-11-18-36(32-38)34-16-5-2-6-17-34;1-3-14-29(15-4-1)30-16-11-19-32(28-30)44-38-25-10-8-21-36(38)42-34(23-13-27-40(42)44)33-22-12-26-39-41(33)35-20-7-9-24-37(35)43(39)31-17-5-2-6-18-31;1-3-13-29(14-4-1)30-25-27-32(28-26-30)44-38-22-10-8-18-36(38)42-34(20-12-24-40(42)44)33-19-11-23-39-41(33)35-17-7-9-21-37(35)43(39)31-15-5-2-6-16-31/h1-32H;2*1-28H. The maximum absolute atomic E-state index is 2.43. The first-order valence-corrected chi connectivity index (χ1v) is 47.5. The molecule has 22 aromatic carbocycles. The van der Waals surface area contributed by atoms with Gasteiger partial charge in [-0.1, -0.05) is 388 Å². The van der Waals surface area contributed by atoms with Gasteiger partial charge in [-0.3, -0.25) is 0 Å². The summed E-state index contributed by atoms with van der Waals surface area (Å²) in [5.41, 5.74) is 38.7. The van der Waals surface area contributed by atoms with Gasteiger partial charge in [-0.05, 0) is 223 Å². The summed E-state index contributed by atoms with van der Waals surface area (Å²) < 4.78 is 14.5.